The Kier molecular flexibility index (Phi) is 3.38. The highest BCUT2D eigenvalue weighted by atomic mass is 16.5. The minimum absolute atomic E-state index is 0.0809. The molecule has 0 fully saturated rings. The predicted octanol–water partition coefficient (Wildman–Crippen LogP) is 1.16. The number of ether oxygens (including phenoxy) is 2. The molecule has 0 bridgehead atoms. The highest BCUT2D eigenvalue weighted by Gasteiger charge is 2.13. The summed E-state index contributed by atoms with van der Waals surface area (Å²) in [7, 11) is 1.38. The third-order valence-corrected chi connectivity index (χ3v) is 1.84. The number of carbonyl (C=O) groups is 1. The molecule has 0 saturated carbocycles. The normalized spacial score (nSPS) is 9.73. The van der Waals surface area contributed by atoms with Gasteiger partial charge in [0.05, 0.1) is 25.0 Å². The summed E-state index contributed by atoms with van der Waals surface area (Å²) < 4.78 is 9.65. The van der Waals surface area contributed by atoms with Gasteiger partial charge in [-0.1, -0.05) is 0 Å². The Hall–Kier alpha value is -1.91. The van der Waals surface area contributed by atoms with Crippen molar-refractivity contribution in [3.63, 3.8) is 0 Å². The van der Waals surface area contributed by atoms with E-state index in [0.717, 1.165) is 0 Å². The molecule has 0 radical (unpaired) electrons. The number of phenolic OH excluding ortho intramolecular Hbond substituents is 1. The van der Waals surface area contributed by atoms with Crippen LogP contribution in [0, 0.1) is 0 Å². The number of rotatable bonds is 3. The summed E-state index contributed by atoms with van der Waals surface area (Å²) in [6.45, 7) is 1.99. The Morgan fingerprint density at radius 3 is 2.73 bits per heavy atom. The van der Waals surface area contributed by atoms with Gasteiger partial charge in [0.15, 0.2) is 11.5 Å². The molecule has 5 nitrogen and oxygen atoms in total. The number of hydrogen-bond acceptors (Lipinski definition) is 5. The average Bonchev–Trinajstić information content (AvgIpc) is 2.22. The van der Waals surface area contributed by atoms with Crippen LogP contribution in [-0.2, 0) is 4.74 Å². The Morgan fingerprint density at radius 1 is 1.53 bits per heavy atom. The van der Waals surface area contributed by atoms with E-state index in [-0.39, 0.29) is 29.4 Å². The van der Waals surface area contributed by atoms with Crippen LogP contribution >= 0.6 is 0 Å². The molecule has 0 aromatic heterocycles. The number of nitrogens with two attached hydrogens (primary N) is 1. The van der Waals surface area contributed by atoms with Gasteiger partial charge < -0.3 is 20.3 Å². The highest BCUT2D eigenvalue weighted by molar-refractivity contribution is 5.92. The van der Waals surface area contributed by atoms with Gasteiger partial charge in [0.25, 0.3) is 0 Å². The number of methoxy groups -OCH3 is 1. The van der Waals surface area contributed by atoms with E-state index in [9.17, 15) is 9.90 Å². The second kappa shape index (κ2) is 4.54. The zero-order valence-corrected chi connectivity index (χ0v) is 8.61. The van der Waals surface area contributed by atoms with Gasteiger partial charge in [0.1, 0.15) is 0 Å². The lowest BCUT2D eigenvalue weighted by Crippen LogP contribution is -2.05. The fraction of sp³-hybridized carbons (Fsp3) is 0.300. The minimum atomic E-state index is -0.498. The van der Waals surface area contributed by atoms with Crippen molar-refractivity contribution in [3.05, 3.63) is 17.7 Å². The molecular weight excluding hydrogens is 198 g/mol. The number of benzene rings is 1. The summed E-state index contributed by atoms with van der Waals surface area (Å²) in [5.74, 6) is -0.522. The molecule has 0 amide bonds. The van der Waals surface area contributed by atoms with E-state index in [1.54, 1.807) is 6.92 Å². The highest BCUT2D eigenvalue weighted by Crippen LogP contribution is 2.33. The number of aromatic hydroxyl groups is 1. The van der Waals surface area contributed by atoms with Gasteiger partial charge in [0, 0.05) is 0 Å². The first-order chi connectivity index (χ1) is 7.10. The van der Waals surface area contributed by atoms with Crippen molar-refractivity contribution >= 4 is 11.7 Å². The summed E-state index contributed by atoms with van der Waals surface area (Å²) in [4.78, 5) is 11.4. The fourth-order valence-electron chi connectivity index (χ4n) is 1.12. The molecule has 0 unspecified atom stereocenters. The second-order valence-electron chi connectivity index (χ2n) is 2.84. The SMILES string of the molecule is CCOC(=O)c1cc(N)c(O)c(OC)c1. The van der Waals surface area contributed by atoms with Crippen molar-refractivity contribution in [1.29, 1.82) is 0 Å². The van der Waals surface area contributed by atoms with Gasteiger partial charge in [-0.25, -0.2) is 4.79 Å². The third-order valence-electron chi connectivity index (χ3n) is 1.84. The van der Waals surface area contributed by atoms with Crippen molar-refractivity contribution in [2.75, 3.05) is 19.5 Å². The topological polar surface area (TPSA) is 81.8 Å². The maximum absolute atomic E-state index is 11.4. The van der Waals surface area contributed by atoms with E-state index >= 15 is 0 Å². The molecule has 0 heterocycles. The summed E-state index contributed by atoms with van der Waals surface area (Å²) in [6, 6.07) is 2.72. The first-order valence-electron chi connectivity index (χ1n) is 4.43. The quantitative estimate of drug-likeness (QED) is 0.445. The Morgan fingerprint density at radius 2 is 2.20 bits per heavy atom. The maximum atomic E-state index is 11.4. The largest absolute Gasteiger partial charge is 0.503 e. The molecule has 15 heavy (non-hydrogen) atoms. The van der Waals surface area contributed by atoms with Gasteiger partial charge in [-0.05, 0) is 19.1 Å². The van der Waals surface area contributed by atoms with E-state index in [2.05, 4.69) is 0 Å². The molecule has 1 aromatic rings. The molecule has 3 N–H and O–H groups in total. The van der Waals surface area contributed by atoms with Gasteiger partial charge >= 0.3 is 5.97 Å². The predicted molar refractivity (Wildman–Crippen MR) is 55.0 cm³/mol. The van der Waals surface area contributed by atoms with Crippen molar-refractivity contribution < 1.29 is 19.4 Å². The Bertz CT molecular complexity index is 376. The number of nitrogen functional groups attached to an aromatic ring is 1. The molecule has 1 rings (SSSR count). The van der Waals surface area contributed by atoms with Gasteiger partial charge in [-0.15, -0.1) is 0 Å². The first kappa shape index (κ1) is 11.2. The average molecular weight is 211 g/mol. The van der Waals surface area contributed by atoms with E-state index < -0.39 is 5.97 Å². The van der Waals surface area contributed by atoms with E-state index in [0.29, 0.717) is 0 Å². The molecule has 0 atom stereocenters. The zero-order chi connectivity index (χ0) is 11.4. The minimum Gasteiger partial charge on any atom is -0.503 e. The van der Waals surface area contributed by atoms with Crippen LogP contribution in [-0.4, -0.2) is 24.8 Å². The molecule has 5 heteroatoms. The van der Waals surface area contributed by atoms with Gasteiger partial charge in [-0.2, -0.15) is 0 Å². The smallest absolute Gasteiger partial charge is 0.338 e. The van der Waals surface area contributed by atoms with E-state index in [4.69, 9.17) is 15.2 Å². The van der Waals surface area contributed by atoms with Crippen LogP contribution in [0.25, 0.3) is 0 Å². The first-order valence-corrected chi connectivity index (χ1v) is 4.43. The van der Waals surface area contributed by atoms with Gasteiger partial charge in [-0.3, -0.25) is 0 Å². The lowest BCUT2D eigenvalue weighted by atomic mass is 10.1. The lowest BCUT2D eigenvalue weighted by molar-refractivity contribution is 0.0526. The van der Waals surface area contributed by atoms with Crippen LogP contribution in [0.15, 0.2) is 12.1 Å². The molecule has 82 valence electrons. The van der Waals surface area contributed by atoms with E-state index in [1.165, 1.54) is 19.2 Å². The van der Waals surface area contributed by atoms with E-state index in [1.807, 2.05) is 0 Å². The van der Waals surface area contributed by atoms with Gasteiger partial charge in [0.2, 0.25) is 0 Å². The zero-order valence-electron chi connectivity index (χ0n) is 8.61. The fourth-order valence-corrected chi connectivity index (χ4v) is 1.12. The maximum Gasteiger partial charge on any atom is 0.338 e. The second-order valence-corrected chi connectivity index (χ2v) is 2.84. The summed E-state index contributed by atoms with van der Waals surface area (Å²) in [6.07, 6.45) is 0. The van der Waals surface area contributed by atoms with Crippen LogP contribution < -0.4 is 10.5 Å². The van der Waals surface area contributed by atoms with Crippen molar-refractivity contribution in [1.82, 2.24) is 0 Å². The Labute approximate surface area is 87.4 Å². The van der Waals surface area contributed by atoms with Crippen LogP contribution in [0.3, 0.4) is 0 Å². The molecule has 0 aliphatic carbocycles. The Balaban J connectivity index is 3.10. The summed E-state index contributed by atoms with van der Waals surface area (Å²) in [5.41, 5.74) is 5.83. The lowest BCUT2D eigenvalue weighted by Gasteiger charge is -2.08. The van der Waals surface area contributed by atoms with Crippen molar-refractivity contribution in [2.24, 2.45) is 0 Å². The van der Waals surface area contributed by atoms with Crippen molar-refractivity contribution in [3.8, 4) is 11.5 Å². The molecule has 0 aliphatic heterocycles. The standard InChI is InChI=1S/C10H13NO4/c1-3-15-10(13)6-4-7(11)9(12)8(5-6)14-2/h4-5,12H,3,11H2,1-2H3. The number of phenols is 1. The molecule has 0 saturated heterocycles. The van der Waals surface area contributed by atoms with Crippen LogP contribution in [0.2, 0.25) is 0 Å². The number of anilines is 1. The number of esters is 1. The summed E-state index contributed by atoms with van der Waals surface area (Å²) in [5, 5.41) is 9.43. The van der Waals surface area contributed by atoms with Crippen molar-refractivity contribution in [2.45, 2.75) is 6.92 Å². The molecular formula is C10H13NO4. The van der Waals surface area contributed by atoms with Crippen LogP contribution in [0.4, 0.5) is 5.69 Å². The third kappa shape index (κ3) is 2.31. The van der Waals surface area contributed by atoms with Crippen LogP contribution in [0.5, 0.6) is 11.5 Å². The molecule has 0 aliphatic rings. The monoisotopic (exact) mass is 211 g/mol. The number of carbonyl (C=O) groups excluding carboxylic acids is 1. The number of hydrogen-bond donors (Lipinski definition) is 2. The molecule has 0 spiro atoms. The molecule has 1 aromatic carbocycles. The van der Waals surface area contributed by atoms with Crippen LogP contribution in [0.1, 0.15) is 17.3 Å². The summed E-state index contributed by atoms with van der Waals surface area (Å²) >= 11 is 0.